The number of halogens is 1. The number of rotatable bonds is 6. The number of ether oxygens (including phenoxy) is 1. The highest BCUT2D eigenvalue weighted by molar-refractivity contribution is 9.10. The average molecular weight is 418 g/mol. The quantitative estimate of drug-likeness (QED) is 0.737. The standard InChI is InChI=1S/C21H24BrNO3/c1-2-26-19-7-3-5-16(13-19)20(15-8-10-18(22)11-9-15)23-12-4-6-17(14-23)21(24)25/h3,5,7-11,13,17,20H,2,4,6,12,14H2,1H3,(H,24,25). The lowest BCUT2D eigenvalue weighted by Crippen LogP contribution is -2.41. The van der Waals surface area contributed by atoms with Crippen LogP contribution in [0.15, 0.2) is 53.0 Å². The summed E-state index contributed by atoms with van der Waals surface area (Å²) in [6.07, 6.45) is 1.65. The van der Waals surface area contributed by atoms with E-state index >= 15 is 0 Å². The van der Waals surface area contributed by atoms with E-state index in [2.05, 4.69) is 45.1 Å². The van der Waals surface area contributed by atoms with Gasteiger partial charge in [-0.15, -0.1) is 0 Å². The summed E-state index contributed by atoms with van der Waals surface area (Å²) in [5.74, 6) is -0.164. The monoisotopic (exact) mass is 417 g/mol. The van der Waals surface area contributed by atoms with Crippen LogP contribution < -0.4 is 4.74 Å². The molecule has 2 aromatic rings. The average Bonchev–Trinajstić information content (AvgIpc) is 2.64. The summed E-state index contributed by atoms with van der Waals surface area (Å²) in [6.45, 7) is 4.05. The van der Waals surface area contributed by atoms with Crippen LogP contribution in [0.1, 0.15) is 36.9 Å². The molecule has 5 heteroatoms. The van der Waals surface area contributed by atoms with Crippen LogP contribution in [0.2, 0.25) is 0 Å². The number of likely N-dealkylation sites (tertiary alicyclic amines) is 1. The molecule has 3 rings (SSSR count). The van der Waals surface area contributed by atoms with E-state index in [0.29, 0.717) is 13.2 Å². The molecule has 0 radical (unpaired) electrons. The lowest BCUT2D eigenvalue weighted by molar-refractivity contribution is -0.143. The number of nitrogens with zero attached hydrogens (tertiary/aromatic N) is 1. The fourth-order valence-corrected chi connectivity index (χ4v) is 3.91. The molecule has 2 aromatic carbocycles. The summed E-state index contributed by atoms with van der Waals surface area (Å²) >= 11 is 3.50. The molecule has 1 heterocycles. The molecule has 138 valence electrons. The lowest BCUT2D eigenvalue weighted by atomic mass is 9.91. The van der Waals surface area contributed by atoms with Crippen LogP contribution >= 0.6 is 15.9 Å². The van der Waals surface area contributed by atoms with Crippen LogP contribution in [-0.2, 0) is 4.79 Å². The first-order chi connectivity index (χ1) is 12.6. The molecular weight excluding hydrogens is 394 g/mol. The minimum absolute atomic E-state index is 0.0191. The topological polar surface area (TPSA) is 49.8 Å². The molecule has 0 amide bonds. The van der Waals surface area contributed by atoms with Crippen molar-refractivity contribution in [1.29, 1.82) is 0 Å². The molecule has 1 aliphatic rings. The molecule has 0 bridgehead atoms. The van der Waals surface area contributed by atoms with E-state index in [4.69, 9.17) is 4.74 Å². The first-order valence-electron chi connectivity index (χ1n) is 9.03. The molecule has 2 unspecified atom stereocenters. The third-order valence-corrected chi connectivity index (χ3v) is 5.37. The number of piperidine rings is 1. The van der Waals surface area contributed by atoms with Gasteiger partial charge in [0.1, 0.15) is 5.75 Å². The maximum absolute atomic E-state index is 11.5. The van der Waals surface area contributed by atoms with Gasteiger partial charge < -0.3 is 9.84 Å². The Morgan fingerprint density at radius 2 is 2.04 bits per heavy atom. The number of benzene rings is 2. The van der Waals surface area contributed by atoms with E-state index in [0.717, 1.165) is 40.7 Å². The zero-order valence-corrected chi connectivity index (χ0v) is 16.5. The molecule has 4 nitrogen and oxygen atoms in total. The Labute approximate surface area is 162 Å². The van der Waals surface area contributed by atoms with Crippen molar-refractivity contribution in [3.63, 3.8) is 0 Å². The van der Waals surface area contributed by atoms with Crippen molar-refractivity contribution in [1.82, 2.24) is 4.90 Å². The molecule has 0 aliphatic carbocycles. The van der Waals surface area contributed by atoms with Gasteiger partial charge in [-0.25, -0.2) is 0 Å². The van der Waals surface area contributed by atoms with Gasteiger partial charge in [0.15, 0.2) is 0 Å². The fraction of sp³-hybridized carbons (Fsp3) is 0.381. The Kier molecular flexibility index (Phi) is 6.33. The summed E-state index contributed by atoms with van der Waals surface area (Å²) in [5, 5.41) is 9.48. The minimum Gasteiger partial charge on any atom is -0.494 e. The molecule has 0 aromatic heterocycles. The van der Waals surface area contributed by atoms with Crippen molar-refractivity contribution >= 4 is 21.9 Å². The Bertz CT molecular complexity index is 747. The molecule has 1 aliphatic heterocycles. The largest absolute Gasteiger partial charge is 0.494 e. The summed E-state index contributed by atoms with van der Waals surface area (Å²) in [6, 6.07) is 16.4. The number of aliphatic carboxylic acids is 1. The van der Waals surface area contributed by atoms with Crippen molar-refractivity contribution < 1.29 is 14.6 Å². The first kappa shape index (κ1) is 18.9. The van der Waals surface area contributed by atoms with Crippen molar-refractivity contribution in [2.24, 2.45) is 5.92 Å². The van der Waals surface area contributed by atoms with Crippen LogP contribution in [0, 0.1) is 5.92 Å². The van der Waals surface area contributed by atoms with E-state index in [1.807, 2.05) is 31.2 Å². The highest BCUT2D eigenvalue weighted by atomic mass is 79.9. The normalized spacial score (nSPS) is 19.1. The minimum atomic E-state index is -0.702. The predicted octanol–water partition coefficient (Wildman–Crippen LogP) is 4.73. The van der Waals surface area contributed by atoms with Gasteiger partial charge in [-0.1, -0.05) is 40.2 Å². The van der Waals surface area contributed by atoms with Gasteiger partial charge in [0, 0.05) is 11.0 Å². The van der Waals surface area contributed by atoms with Gasteiger partial charge >= 0.3 is 5.97 Å². The molecule has 26 heavy (non-hydrogen) atoms. The first-order valence-corrected chi connectivity index (χ1v) is 9.83. The van der Waals surface area contributed by atoms with Crippen LogP contribution in [0.3, 0.4) is 0 Å². The van der Waals surface area contributed by atoms with Crippen molar-refractivity contribution in [3.8, 4) is 5.75 Å². The Hall–Kier alpha value is -1.85. The lowest BCUT2D eigenvalue weighted by Gasteiger charge is -2.37. The van der Waals surface area contributed by atoms with E-state index in [9.17, 15) is 9.90 Å². The molecular formula is C21H24BrNO3. The summed E-state index contributed by atoms with van der Waals surface area (Å²) in [5.41, 5.74) is 2.29. The van der Waals surface area contributed by atoms with E-state index in [1.54, 1.807) is 0 Å². The second-order valence-electron chi connectivity index (χ2n) is 6.63. The van der Waals surface area contributed by atoms with E-state index in [-0.39, 0.29) is 12.0 Å². The number of carboxylic acids is 1. The molecule has 0 saturated carbocycles. The zero-order chi connectivity index (χ0) is 18.5. The molecule has 2 atom stereocenters. The molecule has 1 fully saturated rings. The van der Waals surface area contributed by atoms with Gasteiger partial charge in [0.25, 0.3) is 0 Å². The third-order valence-electron chi connectivity index (χ3n) is 4.84. The third kappa shape index (κ3) is 4.46. The fourth-order valence-electron chi connectivity index (χ4n) is 3.64. The Morgan fingerprint density at radius 3 is 2.73 bits per heavy atom. The van der Waals surface area contributed by atoms with Gasteiger partial charge in [0.2, 0.25) is 0 Å². The SMILES string of the molecule is CCOc1cccc(C(c2ccc(Br)cc2)N2CCCC(C(=O)O)C2)c1. The second-order valence-corrected chi connectivity index (χ2v) is 7.55. The van der Waals surface area contributed by atoms with Crippen molar-refractivity contribution in [3.05, 3.63) is 64.1 Å². The van der Waals surface area contributed by atoms with Crippen LogP contribution in [-0.4, -0.2) is 35.7 Å². The number of hydrogen-bond acceptors (Lipinski definition) is 3. The van der Waals surface area contributed by atoms with Crippen LogP contribution in [0.25, 0.3) is 0 Å². The van der Waals surface area contributed by atoms with E-state index in [1.165, 1.54) is 0 Å². The highest BCUT2D eigenvalue weighted by Gasteiger charge is 2.31. The molecule has 0 spiro atoms. The number of carboxylic acid groups (broad SMARTS) is 1. The summed E-state index contributed by atoms with van der Waals surface area (Å²) in [4.78, 5) is 13.8. The Balaban J connectivity index is 1.97. The van der Waals surface area contributed by atoms with Crippen molar-refractivity contribution in [2.75, 3.05) is 19.7 Å². The van der Waals surface area contributed by atoms with Gasteiger partial charge in [-0.3, -0.25) is 9.69 Å². The van der Waals surface area contributed by atoms with Gasteiger partial charge in [0.05, 0.1) is 18.6 Å². The second kappa shape index (κ2) is 8.69. The van der Waals surface area contributed by atoms with Gasteiger partial charge in [-0.05, 0) is 61.7 Å². The van der Waals surface area contributed by atoms with Crippen molar-refractivity contribution in [2.45, 2.75) is 25.8 Å². The van der Waals surface area contributed by atoms with Crippen LogP contribution in [0.5, 0.6) is 5.75 Å². The smallest absolute Gasteiger partial charge is 0.307 e. The molecule has 1 saturated heterocycles. The van der Waals surface area contributed by atoms with Crippen LogP contribution in [0.4, 0.5) is 0 Å². The maximum atomic E-state index is 11.5. The number of hydrogen-bond donors (Lipinski definition) is 1. The predicted molar refractivity (Wildman–Crippen MR) is 106 cm³/mol. The van der Waals surface area contributed by atoms with E-state index < -0.39 is 5.97 Å². The summed E-state index contributed by atoms with van der Waals surface area (Å²) in [7, 11) is 0. The maximum Gasteiger partial charge on any atom is 0.307 e. The number of carbonyl (C=O) groups is 1. The highest BCUT2D eigenvalue weighted by Crippen LogP contribution is 2.34. The molecule has 1 N–H and O–H groups in total. The zero-order valence-electron chi connectivity index (χ0n) is 14.9. The van der Waals surface area contributed by atoms with Gasteiger partial charge in [-0.2, -0.15) is 0 Å². The Morgan fingerprint density at radius 1 is 1.27 bits per heavy atom. The summed E-state index contributed by atoms with van der Waals surface area (Å²) < 4.78 is 6.71.